The zero-order valence-corrected chi connectivity index (χ0v) is 8.13. The molecule has 5 heteroatoms. The van der Waals surface area contributed by atoms with Gasteiger partial charge in [0.2, 0.25) is 0 Å². The van der Waals surface area contributed by atoms with Crippen LogP contribution >= 0.6 is 7.82 Å². The summed E-state index contributed by atoms with van der Waals surface area (Å²) in [6.45, 7) is 0. The Kier molecular flexibility index (Phi) is 3.72. The maximum Gasteiger partial charge on any atom is 0.472 e. The van der Waals surface area contributed by atoms with Crippen molar-refractivity contribution in [3.63, 3.8) is 0 Å². The fraction of sp³-hybridized carbons (Fsp3) is 1.00. The van der Waals surface area contributed by atoms with Crippen LogP contribution in [0.4, 0.5) is 0 Å². The molecule has 1 rings (SSSR count). The third-order valence-electron chi connectivity index (χ3n) is 2.07. The first kappa shape index (κ1) is 10.2. The van der Waals surface area contributed by atoms with Crippen molar-refractivity contribution in [1.29, 1.82) is 0 Å². The molecule has 72 valence electrons. The van der Waals surface area contributed by atoms with Crippen molar-refractivity contribution in [2.75, 3.05) is 7.11 Å². The van der Waals surface area contributed by atoms with Crippen molar-refractivity contribution >= 4 is 7.82 Å². The van der Waals surface area contributed by atoms with Gasteiger partial charge in [0.1, 0.15) is 0 Å². The Hall–Kier alpha value is 0.110. The molecule has 0 spiro atoms. The zero-order chi connectivity index (χ0) is 9.03. The lowest BCUT2D eigenvalue weighted by molar-refractivity contribution is 0.0936. The molecule has 0 aliphatic heterocycles. The van der Waals surface area contributed by atoms with Gasteiger partial charge in [0.15, 0.2) is 0 Å². The molecule has 0 saturated heterocycles. The molecule has 0 heterocycles. The molecule has 12 heavy (non-hydrogen) atoms. The molecule has 1 fully saturated rings. The second kappa shape index (κ2) is 4.38. The highest BCUT2D eigenvalue weighted by Crippen LogP contribution is 2.45. The van der Waals surface area contributed by atoms with Crippen LogP contribution in [0.1, 0.15) is 32.1 Å². The molecule has 1 aliphatic carbocycles. The van der Waals surface area contributed by atoms with Crippen molar-refractivity contribution < 1.29 is 18.5 Å². The van der Waals surface area contributed by atoms with E-state index < -0.39 is 7.82 Å². The second-order valence-electron chi connectivity index (χ2n) is 3.02. The van der Waals surface area contributed by atoms with E-state index in [9.17, 15) is 4.57 Å². The van der Waals surface area contributed by atoms with Gasteiger partial charge in [0, 0.05) is 7.11 Å². The van der Waals surface area contributed by atoms with Gasteiger partial charge in [-0.2, -0.15) is 0 Å². The van der Waals surface area contributed by atoms with E-state index in [4.69, 9.17) is 9.42 Å². The van der Waals surface area contributed by atoms with Crippen LogP contribution in [0.3, 0.4) is 0 Å². The summed E-state index contributed by atoms with van der Waals surface area (Å²) in [6, 6.07) is 0. The van der Waals surface area contributed by atoms with Crippen LogP contribution in [0.15, 0.2) is 0 Å². The maximum absolute atomic E-state index is 11.0. The average Bonchev–Trinajstić information content (AvgIpc) is 2.06. The molecule has 0 bridgehead atoms. The molecule has 1 atom stereocenters. The van der Waals surface area contributed by atoms with Gasteiger partial charge >= 0.3 is 7.82 Å². The first-order valence-electron chi connectivity index (χ1n) is 4.21. The summed E-state index contributed by atoms with van der Waals surface area (Å²) in [5.41, 5.74) is 0. The third kappa shape index (κ3) is 3.23. The standard InChI is InChI=1S/C7H15O4P/c1-10-12(8,9)11-7-5-3-2-4-6-7/h7H,2-6H2,1H3,(H,8,9). The predicted octanol–water partition coefficient (Wildman–Crippen LogP) is 2.08. The average molecular weight is 194 g/mol. The Morgan fingerprint density at radius 3 is 2.42 bits per heavy atom. The molecule has 1 saturated carbocycles. The highest BCUT2D eigenvalue weighted by Gasteiger charge is 2.25. The Labute approximate surface area is 72.5 Å². The van der Waals surface area contributed by atoms with Crippen LogP contribution in [0.5, 0.6) is 0 Å². The molecule has 1 N–H and O–H groups in total. The SMILES string of the molecule is COP(=O)(O)OC1CCCCC1. The maximum atomic E-state index is 11.0. The van der Waals surface area contributed by atoms with Gasteiger partial charge in [-0.25, -0.2) is 4.57 Å². The van der Waals surface area contributed by atoms with Crippen molar-refractivity contribution in [1.82, 2.24) is 0 Å². The van der Waals surface area contributed by atoms with E-state index in [0.29, 0.717) is 0 Å². The summed E-state index contributed by atoms with van der Waals surface area (Å²) in [6.07, 6.45) is 5.00. The largest absolute Gasteiger partial charge is 0.472 e. The molecule has 1 unspecified atom stereocenters. The lowest BCUT2D eigenvalue weighted by Gasteiger charge is -2.22. The summed E-state index contributed by atoms with van der Waals surface area (Å²) in [5, 5.41) is 0. The predicted molar refractivity (Wildman–Crippen MR) is 44.8 cm³/mol. The third-order valence-corrected chi connectivity index (χ3v) is 3.09. The van der Waals surface area contributed by atoms with Gasteiger partial charge in [-0.3, -0.25) is 9.05 Å². The van der Waals surface area contributed by atoms with Crippen LogP contribution in [-0.4, -0.2) is 18.1 Å². The van der Waals surface area contributed by atoms with Gasteiger partial charge in [0.25, 0.3) is 0 Å². The Morgan fingerprint density at radius 1 is 1.33 bits per heavy atom. The van der Waals surface area contributed by atoms with Gasteiger partial charge in [-0.15, -0.1) is 0 Å². The van der Waals surface area contributed by atoms with Gasteiger partial charge in [-0.05, 0) is 12.8 Å². The molecule has 4 nitrogen and oxygen atoms in total. The highest BCUT2D eigenvalue weighted by molar-refractivity contribution is 7.47. The van der Waals surface area contributed by atoms with Gasteiger partial charge in [0.05, 0.1) is 6.10 Å². The van der Waals surface area contributed by atoms with Crippen LogP contribution in [0, 0.1) is 0 Å². The van der Waals surface area contributed by atoms with E-state index in [1.54, 1.807) is 0 Å². The molecule has 0 radical (unpaired) electrons. The van der Waals surface area contributed by atoms with E-state index in [0.717, 1.165) is 25.7 Å². The number of hydrogen-bond donors (Lipinski definition) is 1. The van der Waals surface area contributed by atoms with Crippen LogP contribution < -0.4 is 0 Å². The van der Waals surface area contributed by atoms with Gasteiger partial charge in [-0.1, -0.05) is 19.3 Å². The summed E-state index contributed by atoms with van der Waals surface area (Å²) in [5.74, 6) is 0. The van der Waals surface area contributed by atoms with E-state index in [1.807, 2.05) is 0 Å². The summed E-state index contributed by atoms with van der Waals surface area (Å²) < 4.78 is 20.2. The van der Waals surface area contributed by atoms with E-state index in [1.165, 1.54) is 13.5 Å². The molecule has 0 aromatic carbocycles. The Morgan fingerprint density at radius 2 is 1.92 bits per heavy atom. The number of phosphoric acid groups is 1. The van der Waals surface area contributed by atoms with E-state index in [2.05, 4.69) is 4.52 Å². The fourth-order valence-electron chi connectivity index (χ4n) is 1.40. The lowest BCUT2D eigenvalue weighted by Crippen LogP contribution is -2.15. The summed E-state index contributed by atoms with van der Waals surface area (Å²) in [7, 11) is -2.56. The summed E-state index contributed by atoms with van der Waals surface area (Å²) in [4.78, 5) is 8.99. The normalized spacial score (nSPS) is 25.2. The molecule has 0 aromatic rings. The van der Waals surface area contributed by atoms with Crippen LogP contribution in [0.25, 0.3) is 0 Å². The second-order valence-corrected chi connectivity index (χ2v) is 4.53. The molecular weight excluding hydrogens is 179 g/mol. The topological polar surface area (TPSA) is 55.8 Å². The monoisotopic (exact) mass is 194 g/mol. The van der Waals surface area contributed by atoms with Gasteiger partial charge < -0.3 is 4.89 Å². The highest BCUT2D eigenvalue weighted by atomic mass is 31.2. The molecule has 0 amide bonds. The summed E-state index contributed by atoms with van der Waals surface area (Å²) >= 11 is 0. The van der Waals surface area contributed by atoms with Crippen molar-refractivity contribution in [3.8, 4) is 0 Å². The molecule has 1 aliphatic rings. The minimum absolute atomic E-state index is 0.0884. The van der Waals surface area contributed by atoms with Crippen molar-refractivity contribution in [2.45, 2.75) is 38.2 Å². The smallest absolute Gasteiger partial charge is 0.302 e. The van der Waals surface area contributed by atoms with Crippen LogP contribution in [0.2, 0.25) is 0 Å². The van der Waals surface area contributed by atoms with Crippen LogP contribution in [-0.2, 0) is 13.6 Å². The fourth-order valence-corrected chi connectivity index (χ4v) is 2.08. The minimum Gasteiger partial charge on any atom is -0.302 e. The first-order chi connectivity index (χ1) is 5.64. The first-order valence-corrected chi connectivity index (χ1v) is 5.70. The van der Waals surface area contributed by atoms with E-state index in [-0.39, 0.29) is 6.10 Å². The Bertz CT molecular complexity index is 176. The van der Waals surface area contributed by atoms with Crippen molar-refractivity contribution in [2.24, 2.45) is 0 Å². The zero-order valence-electron chi connectivity index (χ0n) is 7.23. The number of rotatable bonds is 3. The Balaban J connectivity index is 2.34. The van der Waals surface area contributed by atoms with Crippen molar-refractivity contribution in [3.05, 3.63) is 0 Å². The van der Waals surface area contributed by atoms with E-state index >= 15 is 0 Å². The molecule has 0 aromatic heterocycles. The number of phosphoric ester groups is 1. The number of hydrogen-bond acceptors (Lipinski definition) is 3. The lowest BCUT2D eigenvalue weighted by atomic mass is 9.98. The minimum atomic E-state index is -3.74. The quantitative estimate of drug-likeness (QED) is 0.699. The molecular formula is C7H15O4P.